The fourth-order valence-corrected chi connectivity index (χ4v) is 4.25. The smallest absolute Gasteiger partial charge is 0.548 e. The van der Waals surface area contributed by atoms with E-state index in [2.05, 4.69) is 5.32 Å². The molecule has 3 aromatic rings. The van der Waals surface area contributed by atoms with Gasteiger partial charge in [0.25, 0.3) is 5.91 Å². The Morgan fingerprint density at radius 1 is 1.03 bits per heavy atom. The topological polar surface area (TPSA) is 78.5 Å². The molecule has 35 heavy (non-hydrogen) atoms. The quantitative estimate of drug-likeness (QED) is 0.402. The third kappa shape index (κ3) is 8.17. The van der Waals surface area contributed by atoms with E-state index >= 15 is 0 Å². The van der Waals surface area contributed by atoms with Crippen LogP contribution in [0.3, 0.4) is 0 Å². The molecule has 0 aliphatic carbocycles. The molecule has 3 aromatic carbocycles. The third-order valence-electron chi connectivity index (χ3n) is 5.45. The van der Waals surface area contributed by atoms with Crippen LogP contribution in [0.4, 0.5) is 0 Å². The Morgan fingerprint density at radius 2 is 1.74 bits per heavy atom. The van der Waals surface area contributed by atoms with Gasteiger partial charge in [0.15, 0.2) is 0 Å². The van der Waals surface area contributed by atoms with Gasteiger partial charge in [-0.2, -0.15) is 11.8 Å². The molecule has 1 atom stereocenters. The summed E-state index contributed by atoms with van der Waals surface area (Å²) in [4.78, 5) is 24.7. The van der Waals surface area contributed by atoms with E-state index in [1.54, 1.807) is 6.07 Å². The molecule has 0 aromatic heterocycles. The van der Waals surface area contributed by atoms with Crippen molar-refractivity contribution >= 4 is 35.2 Å². The minimum Gasteiger partial charge on any atom is -0.548 e. The number of aliphatic carboxylic acids is 1. The maximum atomic E-state index is 13.1. The van der Waals surface area contributed by atoms with Crippen molar-refractivity contribution in [3.05, 3.63) is 94.0 Å². The van der Waals surface area contributed by atoms with Crippen LogP contribution in [0, 0.1) is 6.92 Å². The summed E-state index contributed by atoms with van der Waals surface area (Å²) in [6.45, 7) is 2.67. The van der Waals surface area contributed by atoms with E-state index in [1.165, 1.54) is 11.8 Å². The molecular formula is C27H27ClLiNO4S. The standard InChI is InChI=1S/C27H28ClNO4S.Li/c1-18-7-3-5-9-21(18)23-15-19(16-33-17-20-8-4-6-10-24(20)28)11-12-22(23)26(30)29-25(27(31)32)13-14-34-2;/h3-12,15,25H,13-14,16-17H2,1-2H3,(H,29,30)(H,31,32);/q;+1/p-1/t25-;/m0./s1. The van der Waals surface area contributed by atoms with Crippen LogP contribution < -0.4 is 29.3 Å². The fraction of sp³-hybridized carbons (Fsp3) is 0.259. The molecule has 0 radical (unpaired) electrons. The van der Waals surface area contributed by atoms with E-state index < -0.39 is 17.9 Å². The largest absolute Gasteiger partial charge is 1.00 e. The molecule has 0 fully saturated rings. The van der Waals surface area contributed by atoms with Gasteiger partial charge in [0.05, 0.1) is 25.2 Å². The summed E-state index contributed by atoms with van der Waals surface area (Å²) in [6.07, 6.45) is 2.18. The van der Waals surface area contributed by atoms with Gasteiger partial charge >= 0.3 is 18.9 Å². The Morgan fingerprint density at radius 3 is 2.43 bits per heavy atom. The Balaban J connectivity index is 0.00000432. The SMILES string of the molecule is CSCC[C@H](NC(=O)c1ccc(COCc2ccccc2Cl)cc1-c1ccccc1C)C(=O)[O-].[Li+]. The number of ether oxygens (including phenoxy) is 1. The monoisotopic (exact) mass is 503 g/mol. The first-order valence-corrected chi connectivity index (χ1v) is 12.7. The van der Waals surface area contributed by atoms with E-state index in [0.717, 1.165) is 27.8 Å². The number of halogens is 1. The summed E-state index contributed by atoms with van der Waals surface area (Å²) >= 11 is 7.72. The number of nitrogens with one attached hydrogen (secondary N) is 1. The van der Waals surface area contributed by atoms with Crippen LogP contribution >= 0.6 is 23.4 Å². The summed E-state index contributed by atoms with van der Waals surface area (Å²) < 4.78 is 5.88. The van der Waals surface area contributed by atoms with Crippen LogP contribution in [0.15, 0.2) is 66.7 Å². The zero-order chi connectivity index (χ0) is 24.5. The van der Waals surface area contributed by atoms with Crippen molar-refractivity contribution in [1.29, 1.82) is 0 Å². The number of carboxylic acid groups (broad SMARTS) is 1. The predicted molar refractivity (Wildman–Crippen MR) is 136 cm³/mol. The molecule has 3 rings (SSSR count). The van der Waals surface area contributed by atoms with Gasteiger partial charge in [-0.05, 0) is 71.4 Å². The molecule has 0 aliphatic heterocycles. The zero-order valence-corrected chi connectivity index (χ0v) is 21.7. The Labute approximate surface area is 227 Å². The van der Waals surface area contributed by atoms with Crippen molar-refractivity contribution < 1.29 is 38.3 Å². The second-order valence-corrected chi connectivity index (χ2v) is 9.30. The molecule has 0 saturated carbocycles. The van der Waals surface area contributed by atoms with E-state index in [-0.39, 0.29) is 18.9 Å². The molecule has 0 spiro atoms. The third-order valence-corrected chi connectivity index (χ3v) is 6.46. The number of thioether (sulfide) groups is 1. The summed E-state index contributed by atoms with van der Waals surface area (Å²) in [6, 6.07) is 19.7. The van der Waals surface area contributed by atoms with Gasteiger partial charge in [0.2, 0.25) is 0 Å². The zero-order valence-electron chi connectivity index (χ0n) is 20.2. The van der Waals surface area contributed by atoms with Gasteiger partial charge in [-0.3, -0.25) is 4.79 Å². The van der Waals surface area contributed by atoms with Crippen molar-refractivity contribution in [2.24, 2.45) is 0 Å². The minimum atomic E-state index is -1.29. The molecule has 0 saturated heterocycles. The molecular weight excluding hydrogens is 477 g/mol. The predicted octanol–water partition coefficient (Wildman–Crippen LogP) is 1.64. The fourth-order valence-electron chi connectivity index (χ4n) is 3.59. The van der Waals surface area contributed by atoms with Crippen LogP contribution in [0.1, 0.15) is 33.5 Å². The average Bonchev–Trinajstić information content (AvgIpc) is 2.83. The molecule has 1 N–H and O–H groups in total. The molecule has 178 valence electrons. The van der Waals surface area contributed by atoms with Crippen LogP contribution in [0.5, 0.6) is 0 Å². The normalized spacial score (nSPS) is 11.4. The van der Waals surface area contributed by atoms with E-state index in [9.17, 15) is 14.7 Å². The first-order chi connectivity index (χ1) is 16.4. The number of hydrogen-bond acceptors (Lipinski definition) is 5. The van der Waals surface area contributed by atoms with E-state index in [1.807, 2.05) is 73.8 Å². The van der Waals surface area contributed by atoms with E-state index in [4.69, 9.17) is 16.3 Å². The van der Waals surface area contributed by atoms with Crippen LogP contribution in [-0.2, 0) is 22.7 Å². The van der Waals surface area contributed by atoms with Crippen LogP contribution in [0.2, 0.25) is 5.02 Å². The Bertz CT molecular complexity index is 1160. The average molecular weight is 504 g/mol. The summed E-state index contributed by atoms with van der Waals surface area (Å²) in [5.74, 6) is -1.13. The summed E-state index contributed by atoms with van der Waals surface area (Å²) in [7, 11) is 0. The summed E-state index contributed by atoms with van der Waals surface area (Å²) in [5, 5.41) is 14.8. The maximum Gasteiger partial charge on any atom is 1.00 e. The van der Waals surface area contributed by atoms with Crippen molar-refractivity contribution in [3.63, 3.8) is 0 Å². The van der Waals surface area contributed by atoms with Crippen molar-refractivity contribution in [1.82, 2.24) is 5.32 Å². The molecule has 0 unspecified atom stereocenters. The first kappa shape index (κ1) is 29.0. The molecule has 8 heteroatoms. The number of carbonyl (C=O) groups excluding carboxylic acids is 2. The minimum absolute atomic E-state index is 0. The number of carboxylic acids is 1. The molecule has 0 aliphatic rings. The van der Waals surface area contributed by atoms with Gasteiger partial charge in [-0.1, -0.05) is 60.1 Å². The van der Waals surface area contributed by atoms with Crippen molar-refractivity contribution in [2.45, 2.75) is 32.6 Å². The molecule has 5 nitrogen and oxygen atoms in total. The van der Waals surface area contributed by atoms with Gasteiger partial charge in [-0.15, -0.1) is 0 Å². The van der Waals surface area contributed by atoms with Gasteiger partial charge in [0.1, 0.15) is 0 Å². The van der Waals surface area contributed by atoms with Gasteiger partial charge < -0.3 is 20.0 Å². The maximum absolute atomic E-state index is 13.1. The number of hydrogen-bond donors (Lipinski definition) is 1. The Kier molecular flexibility index (Phi) is 11.9. The van der Waals surface area contributed by atoms with Crippen LogP contribution in [-0.4, -0.2) is 29.9 Å². The number of amides is 1. The number of benzene rings is 3. The number of aryl methyl sites for hydroxylation is 1. The second-order valence-electron chi connectivity index (χ2n) is 7.91. The number of rotatable bonds is 11. The Hall–Kier alpha value is -2.20. The second kappa shape index (κ2) is 14.4. The molecule has 0 bridgehead atoms. The first-order valence-electron chi connectivity index (χ1n) is 10.9. The number of carbonyl (C=O) groups is 2. The van der Waals surface area contributed by atoms with Gasteiger partial charge in [-0.25, -0.2) is 0 Å². The van der Waals surface area contributed by atoms with E-state index in [0.29, 0.717) is 36.0 Å². The molecule has 1 amide bonds. The van der Waals surface area contributed by atoms with Crippen LogP contribution in [0.25, 0.3) is 11.1 Å². The molecule has 0 heterocycles. The van der Waals surface area contributed by atoms with Crippen molar-refractivity contribution in [3.8, 4) is 11.1 Å². The van der Waals surface area contributed by atoms with Gasteiger partial charge in [0, 0.05) is 10.6 Å². The van der Waals surface area contributed by atoms with Crippen molar-refractivity contribution in [2.75, 3.05) is 12.0 Å². The summed E-state index contributed by atoms with van der Waals surface area (Å²) in [5.41, 5.74) is 4.81.